The van der Waals surface area contributed by atoms with Gasteiger partial charge in [0.25, 0.3) is 0 Å². The van der Waals surface area contributed by atoms with Gasteiger partial charge in [-0.05, 0) is 33.1 Å². The zero-order chi connectivity index (χ0) is 11.8. The molecule has 15 heavy (non-hydrogen) atoms. The van der Waals surface area contributed by atoms with Crippen molar-refractivity contribution < 1.29 is 9.53 Å². The van der Waals surface area contributed by atoms with E-state index in [1.165, 1.54) is 0 Å². The average Bonchev–Trinajstić information content (AvgIpc) is 2.10. The number of ether oxygens (including phenoxy) is 1. The van der Waals surface area contributed by atoms with Crippen LogP contribution in [0.5, 0.6) is 0 Å². The molecule has 0 radical (unpaired) electrons. The molecular weight excluding hydrogens is 188 g/mol. The van der Waals surface area contributed by atoms with Crippen molar-refractivity contribution in [2.75, 3.05) is 0 Å². The topological polar surface area (TPSA) is 26.3 Å². The van der Waals surface area contributed by atoms with E-state index in [2.05, 4.69) is 19.9 Å². The number of hydrogen-bond acceptors (Lipinski definition) is 2. The Kier molecular flexibility index (Phi) is 6.76. The molecule has 0 aromatic carbocycles. The minimum absolute atomic E-state index is 0.0551. The summed E-state index contributed by atoms with van der Waals surface area (Å²) in [5.41, 5.74) is 0.642. The Hall–Kier alpha value is -1.05. The van der Waals surface area contributed by atoms with Gasteiger partial charge in [-0.15, -0.1) is 0 Å². The van der Waals surface area contributed by atoms with Crippen molar-refractivity contribution in [2.45, 2.75) is 47.1 Å². The summed E-state index contributed by atoms with van der Waals surface area (Å²) in [4.78, 5) is 11.4. The van der Waals surface area contributed by atoms with Crippen molar-refractivity contribution in [3.05, 3.63) is 23.8 Å². The van der Waals surface area contributed by atoms with Crippen LogP contribution in [0.2, 0.25) is 0 Å². The summed E-state index contributed by atoms with van der Waals surface area (Å²) in [5.74, 6) is 0.414. The molecule has 0 aromatic heterocycles. The van der Waals surface area contributed by atoms with Crippen LogP contribution in [-0.4, -0.2) is 12.1 Å². The second kappa shape index (κ2) is 7.27. The van der Waals surface area contributed by atoms with E-state index in [-0.39, 0.29) is 12.1 Å². The molecule has 0 atom stereocenters. The van der Waals surface area contributed by atoms with E-state index in [1.54, 1.807) is 13.0 Å². The van der Waals surface area contributed by atoms with Crippen LogP contribution < -0.4 is 0 Å². The minimum atomic E-state index is -0.237. The Balaban J connectivity index is 4.08. The lowest BCUT2D eigenvalue weighted by atomic mass is 10.1. The maximum atomic E-state index is 11.4. The molecule has 0 aromatic rings. The third-order valence-corrected chi connectivity index (χ3v) is 1.75. The van der Waals surface area contributed by atoms with Crippen LogP contribution in [0.3, 0.4) is 0 Å². The molecule has 0 aliphatic heterocycles. The fraction of sp³-hybridized carbons (Fsp3) is 0.615. The second-order valence-electron chi connectivity index (χ2n) is 4.36. The first-order valence-corrected chi connectivity index (χ1v) is 5.48. The van der Waals surface area contributed by atoms with Crippen molar-refractivity contribution in [3.63, 3.8) is 0 Å². The second-order valence-corrected chi connectivity index (χ2v) is 4.36. The van der Waals surface area contributed by atoms with Crippen LogP contribution in [0, 0.1) is 5.92 Å². The lowest BCUT2D eigenvalue weighted by molar-refractivity contribution is -0.142. The van der Waals surface area contributed by atoms with Gasteiger partial charge in [-0.2, -0.15) is 0 Å². The number of hydrogen-bond donors (Lipinski definition) is 0. The minimum Gasteiger partial charge on any atom is -0.460 e. The first-order valence-electron chi connectivity index (χ1n) is 5.48. The quantitative estimate of drug-likeness (QED) is 0.394. The molecule has 2 heteroatoms. The number of carbonyl (C=O) groups is 1. The summed E-state index contributed by atoms with van der Waals surface area (Å²) in [7, 11) is 0. The Bertz CT molecular complexity index is 247. The largest absolute Gasteiger partial charge is 0.460 e. The van der Waals surface area contributed by atoms with Gasteiger partial charge in [0.1, 0.15) is 0 Å². The molecular formula is C13H22O2. The van der Waals surface area contributed by atoms with Gasteiger partial charge in [0.05, 0.1) is 6.10 Å². The molecule has 2 nitrogen and oxygen atoms in total. The van der Waals surface area contributed by atoms with Crippen LogP contribution in [-0.2, 0) is 9.53 Å². The number of allylic oxidation sites excluding steroid dienone is 3. The van der Waals surface area contributed by atoms with Gasteiger partial charge in [-0.1, -0.05) is 32.1 Å². The van der Waals surface area contributed by atoms with Crippen LogP contribution in [0.25, 0.3) is 0 Å². The Labute approximate surface area is 93.0 Å². The molecule has 0 rings (SSSR count). The Morgan fingerprint density at radius 1 is 1.27 bits per heavy atom. The normalized spacial score (nSPS) is 12.9. The SMILES string of the molecule is C/C(=C\C=C\CC(C)C)C(=O)OC(C)C. The molecule has 0 saturated carbocycles. The van der Waals surface area contributed by atoms with Gasteiger partial charge in [0, 0.05) is 5.57 Å². The van der Waals surface area contributed by atoms with E-state index in [0.717, 1.165) is 6.42 Å². The van der Waals surface area contributed by atoms with Gasteiger partial charge in [0.2, 0.25) is 0 Å². The van der Waals surface area contributed by atoms with E-state index >= 15 is 0 Å². The fourth-order valence-electron chi connectivity index (χ4n) is 0.938. The Morgan fingerprint density at radius 3 is 2.33 bits per heavy atom. The third kappa shape index (κ3) is 7.98. The number of carbonyl (C=O) groups excluding carboxylic acids is 1. The van der Waals surface area contributed by atoms with Gasteiger partial charge in [0.15, 0.2) is 0 Å². The van der Waals surface area contributed by atoms with Crippen molar-refractivity contribution in [1.29, 1.82) is 0 Å². The maximum Gasteiger partial charge on any atom is 0.333 e. The molecule has 0 aliphatic rings. The number of rotatable bonds is 5. The average molecular weight is 210 g/mol. The predicted molar refractivity (Wildman–Crippen MR) is 63.6 cm³/mol. The van der Waals surface area contributed by atoms with E-state index in [9.17, 15) is 4.79 Å². The van der Waals surface area contributed by atoms with Crippen molar-refractivity contribution in [3.8, 4) is 0 Å². The lowest BCUT2D eigenvalue weighted by Gasteiger charge is -2.06. The third-order valence-electron chi connectivity index (χ3n) is 1.75. The highest BCUT2D eigenvalue weighted by atomic mass is 16.5. The summed E-state index contributed by atoms with van der Waals surface area (Å²) in [6.07, 6.45) is 6.75. The highest BCUT2D eigenvalue weighted by molar-refractivity contribution is 5.88. The lowest BCUT2D eigenvalue weighted by Crippen LogP contribution is -2.11. The number of esters is 1. The van der Waals surface area contributed by atoms with Crippen molar-refractivity contribution in [1.82, 2.24) is 0 Å². The van der Waals surface area contributed by atoms with Gasteiger partial charge >= 0.3 is 5.97 Å². The molecule has 0 amide bonds. The molecule has 0 saturated heterocycles. The van der Waals surface area contributed by atoms with Gasteiger partial charge in [-0.3, -0.25) is 0 Å². The van der Waals surface area contributed by atoms with Crippen LogP contribution in [0.1, 0.15) is 41.0 Å². The first kappa shape index (κ1) is 13.9. The summed E-state index contributed by atoms with van der Waals surface area (Å²) in [5, 5.41) is 0. The van der Waals surface area contributed by atoms with E-state index in [4.69, 9.17) is 4.74 Å². The van der Waals surface area contributed by atoms with Crippen molar-refractivity contribution >= 4 is 5.97 Å². The smallest absolute Gasteiger partial charge is 0.333 e. The predicted octanol–water partition coefficient (Wildman–Crippen LogP) is 3.49. The molecule has 86 valence electrons. The monoisotopic (exact) mass is 210 g/mol. The molecule has 0 heterocycles. The standard InChI is InChI=1S/C13H22O2/c1-10(2)8-6-7-9-12(5)13(14)15-11(3)4/h6-7,9-11H,8H2,1-5H3/b7-6+,12-9+. The van der Waals surface area contributed by atoms with Crippen molar-refractivity contribution in [2.24, 2.45) is 5.92 Å². The summed E-state index contributed by atoms with van der Waals surface area (Å²) in [6.45, 7) is 9.78. The molecule has 0 spiro atoms. The summed E-state index contributed by atoms with van der Waals surface area (Å²) >= 11 is 0. The Morgan fingerprint density at radius 2 is 1.87 bits per heavy atom. The zero-order valence-corrected chi connectivity index (χ0v) is 10.4. The van der Waals surface area contributed by atoms with Gasteiger partial charge in [-0.25, -0.2) is 4.79 Å². The van der Waals surface area contributed by atoms with Crippen LogP contribution in [0.15, 0.2) is 23.8 Å². The van der Waals surface area contributed by atoms with E-state index in [0.29, 0.717) is 11.5 Å². The highest BCUT2D eigenvalue weighted by Gasteiger charge is 2.05. The fourth-order valence-corrected chi connectivity index (χ4v) is 0.938. The first-order chi connectivity index (χ1) is 6.93. The van der Waals surface area contributed by atoms with Crippen LogP contribution in [0.4, 0.5) is 0 Å². The summed E-state index contributed by atoms with van der Waals surface area (Å²) in [6, 6.07) is 0. The molecule has 0 aliphatic carbocycles. The van der Waals surface area contributed by atoms with E-state index in [1.807, 2.05) is 19.9 Å². The van der Waals surface area contributed by atoms with Crippen LogP contribution >= 0.6 is 0 Å². The van der Waals surface area contributed by atoms with E-state index < -0.39 is 0 Å². The zero-order valence-electron chi connectivity index (χ0n) is 10.4. The molecule has 0 fully saturated rings. The van der Waals surface area contributed by atoms with Gasteiger partial charge < -0.3 is 4.74 Å². The summed E-state index contributed by atoms with van der Waals surface area (Å²) < 4.78 is 5.05. The molecule has 0 unspecified atom stereocenters. The highest BCUT2D eigenvalue weighted by Crippen LogP contribution is 2.03. The maximum absolute atomic E-state index is 11.4. The molecule has 0 N–H and O–H groups in total. The molecule has 0 bridgehead atoms.